The van der Waals surface area contributed by atoms with E-state index in [9.17, 15) is 0 Å². The first kappa shape index (κ1) is 17.1. The molecule has 0 rings (SSSR count). The van der Waals surface area contributed by atoms with E-state index in [-0.39, 0.29) is 0 Å². The van der Waals surface area contributed by atoms with Crippen molar-refractivity contribution in [2.24, 2.45) is 0 Å². The van der Waals surface area contributed by atoms with E-state index >= 15 is 0 Å². The lowest BCUT2D eigenvalue weighted by Crippen LogP contribution is -2.40. The van der Waals surface area contributed by atoms with Gasteiger partial charge in [0.05, 0.1) is 0 Å². The highest BCUT2D eigenvalue weighted by molar-refractivity contribution is 6.44. The van der Waals surface area contributed by atoms with Crippen LogP contribution in [0.5, 0.6) is 0 Å². The molecule has 17 heavy (non-hydrogen) atoms. The average Bonchev–Trinajstić information content (AvgIpc) is 2.33. The molecule has 0 bridgehead atoms. The topological polar surface area (TPSA) is 21.7 Å². The quantitative estimate of drug-likeness (QED) is 0.504. The highest BCUT2D eigenvalue weighted by Crippen LogP contribution is 2.00. The molecule has 4 heteroatoms. The highest BCUT2D eigenvalue weighted by Gasteiger charge is 2.17. The molecule has 0 unspecified atom stereocenters. The summed E-state index contributed by atoms with van der Waals surface area (Å²) < 4.78 is 11.8. The maximum atomic E-state index is 5.89. The van der Waals surface area contributed by atoms with E-state index in [2.05, 4.69) is 32.6 Å². The van der Waals surface area contributed by atoms with Crippen LogP contribution in [-0.2, 0) is 8.85 Å². The van der Waals surface area contributed by atoms with Crippen LogP contribution >= 0.6 is 0 Å². The Labute approximate surface area is 109 Å². The number of nitrogens with zero attached hydrogens (tertiary/aromatic N) is 1. The standard InChI is InChI=1S/C13H31NO2Si/c1-5-9-14(10-6-2)13-17(15-11-7-3)16-12-8-4/h17H,5-13H2,1-4H3. The van der Waals surface area contributed by atoms with Gasteiger partial charge in [0.15, 0.2) is 0 Å². The minimum Gasteiger partial charge on any atom is -0.396 e. The molecule has 3 nitrogen and oxygen atoms in total. The molecular weight excluding hydrogens is 230 g/mol. The van der Waals surface area contributed by atoms with Gasteiger partial charge in [-0.2, -0.15) is 0 Å². The molecule has 0 aliphatic rings. The summed E-state index contributed by atoms with van der Waals surface area (Å²) in [6.07, 6.45) is 5.63. The Balaban J connectivity index is 4.04. The van der Waals surface area contributed by atoms with Gasteiger partial charge in [0.25, 0.3) is 0 Å². The molecule has 0 heterocycles. The van der Waals surface area contributed by atoms with Gasteiger partial charge in [-0.15, -0.1) is 0 Å². The monoisotopic (exact) mass is 261 g/mol. The Morgan fingerprint density at radius 1 is 0.765 bits per heavy atom. The first-order chi connectivity index (χ1) is 8.28. The van der Waals surface area contributed by atoms with Crippen LogP contribution in [-0.4, -0.2) is 46.7 Å². The first-order valence-corrected chi connectivity index (χ1v) is 8.99. The minimum absolute atomic E-state index is 0.854. The van der Waals surface area contributed by atoms with Crippen molar-refractivity contribution in [3.8, 4) is 0 Å². The summed E-state index contributed by atoms with van der Waals surface area (Å²) in [4.78, 5) is 2.50. The van der Waals surface area contributed by atoms with Crippen LogP contribution in [0.15, 0.2) is 0 Å². The summed E-state index contributed by atoms with van der Waals surface area (Å²) in [6, 6.07) is 0. The second-order valence-corrected chi connectivity index (χ2v) is 6.36. The van der Waals surface area contributed by atoms with Gasteiger partial charge in [-0.25, -0.2) is 0 Å². The van der Waals surface area contributed by atoms with Gasteiger partial charge in [0.1, 0.15) is 0 Å². The van der Waals surface area contributed by atoms with Crippen LogP contribution in [0.1, 0.15) is 53.4 Å². The van der Waals surface area contributed by atoms with Crippen molar-refractivity contribution < 1.29 is 8.85 Å². The Kier molecular flexibility index (Phi) is 12.6. The van der Waals surface area contributed by atoms with Crippen molar-refractivity contribution >= 4 is 9.28 Å². The Bertz CT molecular complexity index is 144. The normalized spacial score (nSPS) is 11.6. The van der Waals surface area contributed by atoms with Crippen molar-refractivity contribution in [1.29, 1.82) is 0 Å². The first-order valence-electron chi connectivity index (χ1n) is 7.23. The van der Waals surface area contributed by atoms with Crippen LogP contribution in [0.4, 0.5) is 0 Å². The second kappa shape index (κ2) is 12.6. The molecule has 0 amide bonds. The summed E-state index contributed by atoms with van der Waals surface area (Å²) >= 11 is 0. The van der Waals surface area contributed by atoms with Gasteiger partial charge in [0, 0.05) is 19.4 Å². The van der Waals surface area contributed by atoms with Crippen molar-refractivity contribution in [1.82, 2.24) is 4.90 Å². The third kappa shape index (κ3) is 9.77. The van der Waals surface area contributed by atoms with Crippen LogP contribution in [0.25, 0.3) is 0 Å². The molecule has 0 saturated carbocycles. The molecule has 0 atom stereocenters. The van der Waals surface area contributed by atoms with E-state index in [4.69, 9.17) is 8.85 Å². The van der Waals surface area contributed by atoms with Crippen LogP contribution < -0.4 is 0 Å². The molecular formula is C13H31NO2Si. The van der Waals surface area contributed by atoms with Gasteiger partial charge in [-0.3, -0.25) is 0 Å². The molecule has 0 fully saturated rings. The third-order valence-corrected chi connectivity index (χ3v) is 4.53. The van der Waals surface area contributed by atoms with E-state index < -0.39 is 9.28 Å². The lowest BCUT2D eigenvalue weighted by atomic mass is 10.4. The molecule has 0 saturated heterocycles. The van der Waals surface area contributed by atoms with Gasteiger partial charge in [0.2, 0.25) is 0 Å². The summed E-state index contributed by atoms with van der Waals surface area (Å²) in [6.45, 7) is 12.8. The zero-order valence-electron chi connectivity index (χ0n) is 12.2. The smallest absolute Gasteiger partial charge is 0.335 e. The van der Waals surface area contributed by atoms with Gasteiger partial charge < -0.3 is 13.8 Å². The Hall–Kier alpha value is 0.0969. The van der Waals surface area contributed by atoms with Gasteiger partial charge in [-0.05, 0) is 38.8 Å². The van der Waals surface area contributed by atoms with Crippen LogP contribution in [0.2, 0.25) is 0 Å². The third-order valence-electron chi connectivity index (χ3n) is 2.50. The molecule has 0 aromatic carbocycles. The van der Waals surface area contributed by atoms with Crippen LogP contribution in [0, 0.1) is 0 Å². The molecule has 0 aromatic heterocycles. The van der Waals surface area contributed by atoms with E-state index in [0.717, 1.165) is 32.2 Å². The molecule has 0 aliphatic carbocycles. The average molecular weight is 261 g/mol. The molecule has 0 aliphatic heterocycles. The molecule has 0 spiro atoms. The molecule has 0 radical (unpaired) electrons. The summed E-state index contributed by atoms with van der Waals surface area (Å²) in [5, 5.41) is 0. The maximum Gasteiger partial charge on any atom is 0.335 e. The van der Waals surface area contributed by atoms with E-state index in [1.807, 2.05) is 0 Å². The maximum absolute atomic E-state index is 5.89. The van der Waals surface area contributed by atoms with E-state index in [1.165, 1.54) is 25.9 Å². The van der Waals surface area contributed by atoms with Gasteiger partial charge >= 0.3 is 9.28 Å². The van der Waals surface area contributed by atoms with Crippen molar-refractivity contribution in [3.63, 3.8) is 0 Å². The minimum atomic E-state index is -1.46. The van der Waals surface area contributed by atoms with E-state index in [0.29, 0.717) is 0 Å². The highest BCUT2D eigenvalue weighted by atomic mass is 28.3. The number of hydrogen-bond acceptors (Lipinski definition) is 3. The fourth-order valence-corrected chi connectivity index (χ4v) is 3.88. The zero-order valence-corrected chi connectivity index (χ0v) is 13.4. The fourth-order valence-electron chi connectivity index (χ4n) is 1.79. The molecule has 104 valence electrons. The Morgan fingerprint density at radius 2 is 1.24 bits per heavy atom. The SMILES string of the molecule is CCCO[SiH](CN(CCC)CCC)OCCC. The number of rotatable bonds is 12. The van der Waals surface area contributed by atoms with E-state index in [1.54, 1.807) is 0 Å². The lowest BCUT2D eigenvalue weighted by molar-refractivity contribution is 0.174. The molecule has 0 aromatic rings. The molecule has 0 N–H and O–H groups in total. The largest absolute Gasteiger partial charge is 0.396 e. The predicted octanol–water partition coefficient (Wildman–Crippen LogP) is 2.72. The van der Waals surface area contributed by atoms with Crippen molar-refractivity contribution in [3.05, 3.63) is 0 Å². The van der Waals surface area contributed by atoms with Crippen molar-refractivity contribution in [2.45, 2.75) is 53.4 Å². The summed E-state index contributed by atoms with van der Waals surface area (Å²) in [5.41, 5.74) is 0. The van der Waals surface area contributed by atoms with Crippen molar-refractivity contribution in [2.75, 3.05) is 32.5 Å². The number of hydrogen-bond donors (Lipinski definition) is 0. The van der Waals surface area contributed by atoms with Crippen LogP contribution in [0.3, 0.4) is 0 Å². The Morgan fingerprint density at radius 3 is 1.59 bits per heavy atom. The summed E-state index contributed by atoms with van der Waals surface area (Å²) in [7, 11) is -1.46. The fraction of sp³-hybridized carbons (Fsp3) is 1.00. The summed E-state index contributed by atoms with van der Waals surface area (Å²) in [5.74, 6) is 0. The predicted molar refractivity (Wildman–Crippen MR) is 76.7 cm³/mol. The zero-order chi connectivity index (χ0) is 12.9. The van der Waals surface area contributed by atoms with Gasteiger partial charge in [-0.1, -0.05) is 27.7 Å². The lowest BCUT2D eigenvalue weighted by Gasteiger charge is -2.25. The second-order valence-electron chi connectivity index (χ2n) is 4.47.